The van der Waals surface area contributed by atoms with Crippen LogP contribution in [0.1, 0.15) is 68.8 Å². The largest absolute Gasteiger partial charge is 0.350 e. The molecule has 1 N–H and O–H groups in total. The Kier molecular flexibility index (Phi) is 4.72. The highest BCUT2D eigenvalue weighted by atomic mass is 16.2. The van der Waals surface area contributed by atoms with E-state index < -0.39 is 0 Å². The van der Waals surface area contributed by atoms with Gasteiger partial charge in [-0.3, -0.25) is 9.59 Å². The van der Waals surface area contributed by atoms with Crippen LogP contribution in [0, 0.1) is 23.2 Å². The summed E-state index contributed by atoms with van der Waals surface area (Å²) in [4.78, 5) is 26.0. The maximum atomic E-state index is 13.2. The van der Waals surface area contributed by atoms with Crippen molar-refractivity contribution in [2.24, 2.45) is 23.2 Å². The lowest BCUT2D eigenvalue weighted by Gasteiger charge is -2.56. The predicted octanol–water partition coefficient (Wildman–Crippen LogP) is 4.14. The van der Waals surface area contributed by atoms with Crippen LogP contribution in [0.3, 0.4) is 0 Å². The number of carbonyl (C=O) groups is 1. The van der Waals surface area contributed by atoms with Gasteiger partial charge in [0.15, 0.2) is 5.69 Å². The second-order valence-electron chi connectivity index (χ2n) is 9.88. The summed E-state index contributed by atoms with van der Waals surface area (Å²) in [7, 11) is 0. The third-order valence-electron chi connectivity index (χ3n) is 7.60. The van der Waals surface area contributed by atoms with Crippen LogP contribution in [0.4, 0.5) is 0 Å². The number of unbranched alkanes of at least 4 members (excludes halogenated alkanes) is 1. The van der Waals surface area contributed by atoms with Crippen LogP contribution < -0.4 is 10.9 Å². The van der Waals surface area contributed by atoms with Gasteiger partial charge in [-0.05, 0) is 74.2 Å². The van der Waals surface area contributed by atoms with E-state index in [0.717, 1.165) is 37.1 Å². The van der Waals surface area contributed by atoms with E-state index in [2.05, 4.69) is 17.3 Å². The zero-order valence-corrected chi connectivity index (χ0v) is 17.3. The van der Waals surface area contributed by atoms with Crippen LogP contribution in [-0.2, 0) is 6.54 Å². The highest BCUT2D eigenvalue weighted by molar-refractivity contribution is 6.04. The van der Waals surface area contributed by atoms with Crippen molar-refractivity contribution in [2.75, 3.05) is 6.54 Å². The third-order valence-corrected chi connectivity index (χ3v) is 7.60. The van der Waals surface area contributed by atoms with E-state index in [1.165, 1.54) is 43.2 Å². The van der Waals surface area contributed by atoms with Gasteiger partial charge in [0, 0.05) is 18.5 Å². The number of benzene rings is 1. The molecule has 1 aromatic carbocycles. The molecule has 4 aliphatic carbocycles. The lowest BCUT2D eigenvalue weighted by atomic mass is 9.49. The molecule has 1 aromatic heterocycles. The maximum absolute atomic E-state index is 13.2. The van der Waals surface area contributed by atoms with Crippen molar-refractivity contribution in [3.05, 3.63) is 40.3 Å². The van der Waals surface area contributed by atoms with Crippen LogP contribution in [0.2, 0.25) is 0 Å². The number of aryl methyl sites for hydroxylation is 1. The molecule has 0 atom stereocenters. The Morgan fingerprint density at radius 2 is 1.72 bits per heavy atom. The number of hydrogen-bond donors (Lipinski definition) is 1. The van der Waals surface area contributed by atoms with Gasteiger partial charge in [0.05, 0.1) is 5.39 Å². The number of aromatic nitrogens is 2. The van der Waals surface area contributed by atoms with E-state index in [9.17, 15) is 9.59 Å². The molecule has 5 nitrogen and oxygen atoms in total. The van der Waals surface area contributed by atoms with Gasteiger partial charge in [0.2, 0.25) is 0 Å². The molecular weight excluding hydrogens is 362 g/mol. The minimum Gasteiger partial charge on any atom is -0.350 e. The SMILES string of the molecule is CCCCn1nc(C(=O)NCC23CC4CC(CC(C4)C2)C3)c2ccccc2c1=O. The van der Waals surface area contributed by atoms with Gasteiger partial charge in [-0.2, -0.15) is 5.10 Å². The Morgan fingerprint density at radius 3 is 2.34 bits per heavy atom. The van der Waals surface area contributed by atoms with Crippen molar-refractivity contribution >= 4 is 16.7 Å². The first kappa shape index (κ1) is 18.8. The van der Waals surface area contributed by atoms with Gasteiger partial charge in [0.25, 0.3) is 11.5 Å². The number of fused-ring (bicyclic) bond motifs is 1. The first-order valence-electron chi connectivity index (χ1n) is 11.3. The van der Waals surface area contributed by atoms with Crippen molar-refractivity contribution in [3.63, 3.8) is 0 Å². The van der Waals surface area contributed by atoms with E-state index in [1.54, 1.807) is 6.07 Å². The van der Waals surface area contributed by atoms with Gasteiger partial charge in [-0.25, -0.2) is 4.68 Å². The van der Waals surface area contributed by atoms with Crippen LogP contribution in [0.25, 0.3) is 10.8 Å². The van der Waals surface area contributed by atoms with Gasteiger partial charge in [-0.15, -0.1) is 0 Å². The highest BCUT2D eigenvalue weighted by Gasteiger charge is 2.50. The van der Waals surface area contributed by atoms with Crippen LogP contribution in [0.5, 0.6) is 0 Å². The summed E-state index contributed by atoms with van der Waals surface area (Å²) in [6.07, 6.45) is 9.87. The summed E-state index contributed by atoms with van der Waals surface area (Å²) in [5.41, 5.74) is 0.573. The Morgan fingerprint density at radius 1 is 1.10 bits per heavy atom. The number of amides is 1. The normalized spacial score (nSPS) is 30.0. The molecule has 1 amide bonds. The molecule has 0 aliphatic heterocycles. The van der Waals surface area contributed by atoms with Gasteiger partial charge < -0.3 is 5.32 Å². The monoisotopic (exact) mass is 393 g/mol. The second-order valence-corrected chi connectivity index (χ2v) is 9.88. The molecule has 4 bridgehead atoms. The summed E-state index contributed by atoms with van der Waals surface area (Å²) < 4.78 is 1.48. The van der Waals surface area contributed by atoms with E-state index in [0.29, 0.717) is 23.0 Å². The summed E-state index contributed by atoms with van der Waals surface area (Å²) in [5.74, 6) is 2.47. The van der Waals surface area contributed by atoms with Crippen molar-refractivity contribution < 1.29 is 4.79 Å². The number of nitrogens with zero attached hydrogens (tertiary/aromatic N) is 2. The van der Waals surface area contributed by atoms with Gasteiger partial charge in [0.1, 0.15) is 0 Å². The molecule has 154 valence electrons. The molecule has 6 rings (SSSR count). The second kappa shape index (κ2) is 7.26. The quantitative estimate of drug-likeness (QED) is 0.802. The summed E-state index contributed by atoms with van der Waals surface area (Å²) in [6, 6.07) is 7.37. The lowest BCUT2D eigenvalue weighted by Crippen LogP contribution is -2.51. The molecule has 5 heteroatoms. The molecule has 29 heavy (non-hydrogen) atoms. The highest BCUT2D eigenvalue weighted by Crippen LogP contribution is 2.59. The van der Waals surface area contributed by atoms with Crippen LogP contribution >= 0.6 is 0 Å². The average Bonchev–Trinajstić information content (AvgIpc) is 2.71. The molecule has 0 unspecified atom stereocenters. The minimum atomic E-state index is -0.137. The third kappa shape index (κ3) is 3.38. The smallest absolute Gasteiger partial charge is 0.274 e. The fourth-order valence-electron chi connectivity index (χ4n) is 6.72. The van der Waals surface area contributed by atoms with Crippen LogP contribution in [0.15, 0.2) is 29.1 Å². The van der Waals surface area contributed by atoms with Crippen molar-refractivity contribution in [1.82, 2.24) is 15.1 Å². The lowest BCUT2D eigenvalue weighted by molar-refractivity contribution is -0.0503. The van der Waals surface area contributed by atoms with E-state index in [1.807, 2.05) is 18.2 Å². The standard InChI is InChI=1S/C24H31N3O2/c1-2-3-8-27-23(29)20-7-5-4-6-19(20)21(26-27)22(28)25-15-24-12-16-9-17(13-24)11-18(10-16)14-24/h4-7,16-18H,2-3,8-15H2,1H3,(H,25,28). The number of nitrogens with one attached hydrogen (secondary N) is 1. The molecule has 0 saturated heterocycles. The van der Waals surface area contributed by atoms with Gasteiger partial charge >= 0.3 is 0 Å². The molecule has 4 aliphatic rings. The number of hydrogen-bond acceptors (Lipinski definition) is 3. The first-order valence-corrected chi connectivity index (χ1v) is 11.3. The zero-order chi connectivity index (χ0) is 20.0. The van der Waals surface area contributed by atoms with E-state index >= 15 is 0 Å². The fourth-order valence-corrected chi connectivity index (χ4v) is 6.72. The average molecular weight is 394 g/mol. The van der Waals surface area contributed by atoms with E-state index in [4.69, 9.17) is 0 Å². The molecular formula is C24H31N3O2. The Balaban J connectivity index is 1.41. The Hall–Kier alpha value is -2.17. The number of carbonyl (C=O) groups excluding carboxylic acids is 1. The van der Waals surface area contributed by atoms with Crippen molar-refractivity contribution in [3.8, 4) is 0 Å². The molecule has 1 heterocycles. The summed E-state index contributed by atoms with van der Waals surface area (Å²) in [6.45, 7) is 3.39. The zero-order valence-electron chi connectivity index (χ0n) is 17.3. The van der Waals surface area contributed by atoms with Gasteiger partial charge in [-0.1, -0.05) is 31.5 Å². The molecule has 2 aromatic rings. The number of rotatable bonds is 6. The maximum Gasteiger partial charge on any atom is 0.274 e. The predicted molar refractivity (Wildman–Crippen MR) is 114 cm³/mol. The van der Waals surface area contributed by atoms with Crippen molar-refractivity contribution in [2.45, 2.75) is 64.8 Å². The summed E-state index contributed by atoms with van der Waals surface area (Å²) >= 11 is 0. The topological polar surface area (TPSA) is 64.0 Å². The first-order chi connectivity index (χ1) is 14.1. The minimum absolute atomic E-state index is 0.105. The Bertz CT molecular complexity index is 958. The fraction of sp³-hybridized carbons (Fsp3) is 0.625. The molecule has 4 fully saturated rings. The van der Waals surface area contributed by atoms with Crippen molar-refractivity contribution in [1.29, 1.82) is 0 Å². The van der Waals surface area contributed by atoms with E-state index in [-0.39, 0.29) is 16.9 Å². The Labute approximate surface area is 171 Å². The molecule has 0 spiro atoms. The van der Waals surface area contributed by atoms with Crippen LogP contribution in [-0.4, -0.2) is 22.2 Å². The summed E-state index contributed by atoms with van der Waals surface area (Å²) in [5, 5.41) is 8.97. The molecule has 0 radical (unpaired) electrons. The molecule has 4 saturated carbocycles.